The first-order valence-corrected chi connectivity index (χ1v) is 7.84. The summed E-state index contributed by atoms with van der Waals surface area (Å²) in [6.45, 7) is 0. The summed E-state index contributed by atoms with van der Waals surface area (Å²) in [4.78, 5) is 4.49. The number of H-pyrrole nitrogens is 1. The van der Waals surface area contributed by atoms with Gasteiger partial charge in [0.2, 0.25) is 0 Å². The van der Waals surface area contributed by atoms with Gasteiger partial charge < -0.3 is 4.98 Å². The van der Waals surface area contributed by atoms with Gasteiger partial charge in [-0.1, -0.05) is 60.7 Å². The van der Waals surface area contributed by atoms with Crippen LogP contribution in [-0.4, -0.2) is 9.85 Å². The van der Waals surface area contributed by atoms with E-state index in [1.807, 2.05) is 6.07 Å². The highest BCUT2D eigenvalue weighted by Gasteiger charge is 2.04. The molecule has 0 saturated carbocycles. The average Bonchev–Trinajstić information content (AvgIpc) is 2.92. The van der Waals surface area contributed by atoms with Crippen LogP contribution in [0.15, 0.2) is 60.8 Å². The fourth-order valence-electron chi connectivity index (χ4n) is 2.73. The molecular formula is C19H19NS. The fourth-order valence-corrected chi connectivity index (χ4v) is 3.04. The van der Waals surface area contributed by atoms with Crippen LogP contribution in [-0.2, 0) is 12.8 Å². The van der Waals surface area contributed by atoms with E-state index in [0.29, 0.717) is 0 Å². The van der Waals surface area contributed by atoms with Crippen molar-refractivity contribution in [1.82, 2.24) is 4.98 Å². The standard InChI is InChI=1S/C19H19NS/c21-17(13-15-7-2-1-3-8-15)10-6-9-16-14-20-19-12-5-4-11-18(16)19/h1-5,7-8,11-12,14,20H,6,9-10,13H2. The van der Waals surface area contributed by atoms with Crippen molar-refractivity contribution in [3.8, 4) is 0 Å². The van der Waals surface area contributed by atoms with Crippen molar-refractivity contribution in [3.63, 3.8) is 0 Å². The Balaban J connectivity index is 1.53. The molecule has 0 aliphatic carbocycles. The molecule has 2 heteroatoms. The molecule has 0 unspecified atom stereocenters. The predicted molar refractivity (Wildman–Crippen MR) is 94.0 cm³/mol. The van der Waals surface area contributed by atoms with E-state index in [4.69, 9.17) is 12.2 Å². The lowest BCUT2D eigenvalue weighted by Crippen LogP contribution is -2.00. The normalized spacial score (nSPS) is 10.9. The van der Waals surface area contributed by atoms with Gasteiger partial charge in [-0.25, -0.2) is 0 Å². The highest BCUT2D eigenvalue weighted by molar-refractivity contribution is 7.80. The summed E-state index contributed by atoms with van der Waals surface area (Å²) in [5, 5.41) is 1.34. The van der Waals surface area contributed by atoms with Gasteiger partial charge in [-0.2, -0.15) is 0 Å². The first-order valence-electron chi connectivity index (χ1n) is 7.43. The third-order valence-corrected chi connectivity index (χ3v) is 4.17. The molecule has 0 saturated heterocycles. The lowest BCUT2D eigenvalue weighted by atomic mass is 10.0. The van der Waals surface area contributed by atoms with Crippen molar-refractivity contribution in [3.05, 3.63) is 71.9 Å². The zero-order chi connectivity index (χ0) is 14.5. The minimum absolute atomic E-state index is 0.921. The molecule has 0 bridgehead atoms. The average molecular weight is 293 g/mol. The first-order chi connectivity index (χ1) is 10.3. The molecule has 1 aromatic heterocycles. The van der Waals surface area contributed by atoms with Gasteiger partial charge in [0.25, 0.3) is 0 Å². The predicted octanol–water partition coefficient (Wildman–Crippen LogP) is 5.10. The summed E-state index contributed by atoms with van der Waals surface area (Å²) in [5.74, 6) is 0. The van der Waals surface area contributed by atoms with E-state index >= 15 is 0 Å². The van der Waals surface area contributed by atoms with Crippen molar-refractivity contribution in [2.45, 2.75) is 25.7 Å². The molecule has 2 aromatic carbocycles. The Kier molecular flexibility index (Phi) is 4.46. The van der Waals surface area contributed by atoms with Crippen LogP contribution in [0.25, 0.3) is 10.9 Å². The van der Waals surface area contributed by atoms with Gasteiger partial charge in [0, 0.05) is 23.5 Å². The topological polar surface area (TPSA) is 15.8 Å². The molecule has 21 heavy (non-hydrogen) atoms. The van der Waals surface area contributed by atoms with E-state index < -0.39 is 0 Å². The Morgan fingerprint density at radius 3 is 2.57 bits per heavy atom. The molecule has 106 valence electrons. The van der Waals surface area contributed by atoms with Crippen molar-refractivity contribution in [1.29, 1.82) is 0 Å². The Hall–Kier alpha value is -1.93. The highest BCUT2D eigenvalue weighted by Crippen LogP contribution is 2.19. The minimum Gasteiger partial charge on any atom is -0.361 e. The number of aryl methyl sites for hydroxylation is 1. The Labute approximate surface area is 131 Å². The van der Waals surface area contributed by atoms with Gasteiger partial charge in [-0.15, -0.1) is 0 Å². The van der Waals surface area contributed by atoms with Gasteiger partial charge in [0.1, 0.15) is 0 Å². The Morgan fingerprint density at radius 2 is 1.71 bits per heavy atom. The van der Waals surface area contributed by atoms with Crippen molar-refractivity contribution >= 4 is 28.0 Å². The van der Waals surface area contributed by atoms with E-state index in [9.17, 15) is 0 Å². The molecule has 0 radical (unpaired) electrons. The largest absolute Gasteiger partial charge is 0.361 e. The van der Waals surface area contributed by atoms with Crippen LogP contribution in [0.5, 0.6) is 0 Å². The lowest BCUT2D eigenvalue weighted by molar-refractivity contribution is 0.870. The van der Waals surface area contributed by atoms with E-state index in [-0.39, 0.29) is 0 Å². The molecule has 1 nitrogen and oxygen atoms in total. The summed E-state index contributed by atoms with van der Waals surface area (Å²) in [6.07, 6.45) is 6.27. The summed E-state index contributed by atoms with van der Waals surface area (Å²) >= 11 is 5.52. The maximum absolute atomic E-state index is 5.52. The van der Waals surface area contributed by atoms with Crippen molar-refractivity contribution in [2.24, 2.45) is 0 Å². The third-order valence-electron chi connectivity index (χ3n) is 3.82. The van der Waals surface area contributed by atoms with Crippen LogP contribution in [0.2, 0.25) is 0 Å². The number of aromatic amines is 1. The van der Waals surface area contributed by atoms with E-state index in [1.54, 1.807) is 0 Å². The summed E-state index contributed by atoms with van der Waals surface area (Å²) in [5.41, 5.74) is 3.93. The monoisotopic (exact) mass is 293 g/mol. The molecule has 3 aromatic rings. The van der Waals surface area contributed by atoms with Crippen LogP contribution in [0, 0.1) is 0 Å². The maximum Gasteiger partial charge on any atom is 0.0456 e. The molecule has 1 heterocycles. The molecular weight excluding hydrogens is 274 g/mol. The summed E-state index contributed by atoms with van der Waals surface area (Å²) in [7, 11) is 0. The van der Waals surface area contributed by atoms with Gasteiger partial charge in [-0.05, 0) is 41.3 Å². The quantitative estimate of drug-likeness (QED) is 0.625. The molecule has 1 N–H and O–H groups in total. The van der Waals surface area contributed by atoms with Crippen molar-refractivity contribution < 1.29 is 0 Å². The molecule has 0 aliphatic heterocycles. The van der Waals surface area contributed by atoms with Crippen LogP contribution in [0.3, 0.4) is 0 Å². The molecule has 0 amide bonds. The minimum atomic E-state index is 0.921. The zero-order valence-corrected chi connectivity index (χ0v) is 12.8. The highest BCUT2D eigenvalue weighted by atomic mass is 32.1. The van der Waals surface area contributed by atoms with E-state index in [2.05, 4.69) is 59.7 Å². The second-order valence-electron chi connectivity index (χ2n) is 5.41. The lowest BCUT2D eigenvalue weighted by Gasteiger charge is -2.04. The number of para-hydroxylation sites is 1. The van der Waals surface area contributed by atoms with Crippen LogP contribution < -0.4 is 0 Å². The van der Waals surface area contributed by atoms with Crippen molar-refractivity contribution in [2.75, 3.05) is 0 Å². The SMILES string of the molecule is S=C(CCCc1c[nH]c2ccccc12)Cc1ccccc1. The number of thiocarbonyl (C=S) groups is 1. The number of hydrogen-bond donors (Lipinski definition) is 1. The summed E-state index contributed by atoms with van der Waals surface area (Å²) < 4.78 is 0. The zero-order valence-electron chi connectivity index (χ0n) is 12.0. The molecule has 3 rings (SSSR count). The Morgan fingerprint density at radius 1 is 0.952 bits per heavy atom. The second-order valence-corrected chi connectivity index (χ2v) is 5.99. The molecule has 0 spiro atoms. The van der Waals surface area contributed by atoms with E-state index in [0.717, 1.165) is 30.5 Å². The maximum atomic E-state index is 5.52. The van der Waals surface area contributed by atoms with Crippen LogP contribution in [0.1, 0.15) is 24.0 Å². The van der Waals surface area contributed by atoms with Crippen LogP contribution >= 0.6 is 12.2 Å². The molecule has 0 aliphatic rings. The molecule has 0 fully saturated rings. The van der Waals surface area contributed by atoms with Gasteiger partial charge in [0.15, 0.2) is 0 Å². The fraction of sp³-hybridized carbons (Fsp3) is 0.211. The third kappa shape index (κ3) is 3.59. The number of hydrogen-bond acceptors (Lipinski definition) is 1. The first kappa shape index (κ1) is 14.0. The van der Waals surface area contributed by atoms with Gasteiger partial charge in [0.05, 0.1) is 0 Å². The number of benzene rings is 2. The van der Waals surface area contributed by atoms with E-state index in [1.165, 1.54) is 22.0 Å². The van der Waals surface area contributed by atoms with Gasteiger partial charge in [-0.3, -0.25) is 0 Å². The number of fused-ring (bicyclic) bond motifs is 1. The summed E-state index contributed by atoms with van der Waals surface area (Å²) in [6, 6.07) is 19.0. The second kappa shape index (κ2) is 6.68. The Bertz CT molecular complexity index is 727. The van der Waals surface area contributed by atoms with Gasteiger partial charge >= 0.3 is 0 Å². The number of nitrogens with one attached hydrogen (secondary N) is 1. The number of aromatic nitrogens is 1. The number of rotatable bonds is 6. The van der Waals surface area contributed by atoms with Crippen LogP contribution in [0.4, 0.5) is 0 Å². The smallest absolute Gasteiger partial charge is 0.0456 e. The molecule has 0 atom stereocenters.